The number of hydrogen-bond donors (Lipinski definition) is 4. The standard InChI is InChI=1S/C36H54N2O7S.C31H46N2O5S/c1-10-23(3)29(37-34(43)45-36(7,8)9)33(42)44-26-17-15-25(16-18-26)38(31(39)24-13-11-22(2)12-14-24)28-21-27(19-20-35(4,5)6)46-30(28)32(40)41;1-7-20(3)26(32)30(37)38-23-14-12-22(13-15-23)33(28(34)21-10-8-19(2)9-11-21)25-18-24(16-17-31(4,5)6)39-27(25)29(35)36/h21-26,29H,10-18H2,1-9H3,(H,37,43)(H,40,41);18-23,26H,7-15,32H2,1-6H3,(H,35,36)/t22?,23-,24?,25?,26?,29-;19?,20-,21?,22?,23?,26-/m00/s1. The van der Waals surface area contributed by atoms with E-state index in [9.17, 15) is 43.8 Å². The summed E-state index contributed by atoms with van der Waals surface area (Å²) >= 11 is 2.24. The number of carboxylic acid groups (broad SMARTS) is 2. The summed E-state index contributed by atoms with van der Waals surface area (Å²) in [7, 11) is 0. The van der Waals surface area contributed by atoms with E-state index in [1.807, 2.05) is 69.2 Å². The molecule has 4 aliphatic rings. The minimum atomic E-state index is -1.07. The van der Waals surface area contributed by atoms with Crippen molar-refractivity contribution in [2.75, 3.05) is 9.80 Å². The van der Waals surface area contributed by atoms with Gasteiger partial charge in [0.05, 0.1) is 21.1 Å². The van der Waals surface area contributed by atoms with E-state index < -0.39 is 41.7 Å². The minimum Gasteiger partial charge on any atom is -0.477 e. The van der Waals surface area contributed by atoms with Crippen molar-refractivity contribution in [2.24, 2.45) is 52.1 Å². The van der Waals surface area contributed by atoms with E-state index >= 15 is 0 Å². The van der Waals surface area contributed by atoms with Crippen LogP contribution in [0.15, 0.2) is 12.1 Å². The number of esters is 2. The molecule has 4 atom stereocenters. The van der Waals surface area contributed by atoms with Gasteiger partial charge in [-0.2, -0.15) is 0 Å². The Bertz CT molecular complexity index is 2750. The topological polar surface area (TPSA) is 232 Å². The van der Waals surface area contributed by atoms with E-state index in [4.69, 9.17) is 19.9 Å². The van der Waals surface area contributed by atoms with Gasteiger partial charge in [-0.1, -0.05) is 78.1 Å². The molecule has 16 nitrogen and oxygen atoms in total. The molecule has 6 rings (SSSR count). The molecule has 85 heavy (non-hydrogen) atoms. The van der Waals surface area contributed by atoms with Crippen molar-refractivity contribution >= 4 is 75.8 Å². The van der Waals surface area contributed by atoms with Crippen LogP contribution in [0.5, 0.6) is 0 Å². The molecule has 0 radical (unpaired) electrons. The number of thiophene rings is 2. The number of nitrogens with two attached hydrogens (primary N) is 1. The normalized spacial score (nSPS) is 24.1. The van der Waals surface area contributed by atoms with Crippen molar-refractivity contribution in [3.8, 4) is 23.7 Å². The maximum atomic E-state index is 14.2. The van der Waals surface area contributed by atoms with E-state index in [2.05, 4.69) is 42.8 Å². The number of alkyl carbamates (subject to hydrolysis) is 1. The molecule has 0 spiro atoms. The largest absolute Gasteiger partial charge is 0.477 e. The zero-order valence-electron chi connectivity index (χ0n) is 53.6. The van der Waals surface area contributed by atoms with Crippen LogP contribution in [0, 0.1) is 70.0 Å². The quantitative estimate of drug-likeness (QED) is 0.0657. The highest BCUT2D eigenvalue weighted by atomic mass is 32.1. The number of amides is 3. The molecule has 3 amide bonds. The molecule has 0 unspecified atom stereocenters. The second-order valence-corrected chi connectivity index (χ2v) is 29.9. The third-order valence-electron chi connectivity index (χ3n) is 16.9. The van der Waals surface area contributed by atoms with Gasteiger partial charge in [-0.3, -0.25) is 14.4 Å². The molecule has 2 aromatic rings. The maximum absolute atomic E-state index is 14.2. The molecule has 18 heteroatoms. The van der Waals surface area contributed by atoms with Crippen LogP contribution in [0.2, 0.25) is 0 Å². The summed E-state index contributed by atoms with van der Waals surface area (Å²) in [5, 5.41) is 23.0. The number of rotatable bonds is 17. The van der Waals surface area contributed by atoms with E-state index in [0.29, 0.717) is 90.8 Å². The number of carbonyl (C=O) groups excluding carboxylic acids is 5. The first kappa shape index (κ1) is 70.3. The number of ether oxygens (including phenoxy) is 3. The van der Waals surface area contributed by atoms with Crippen LogP contribution in [-0.2, 0) is 33.4 Å². The third kappa shape index (κ3) is 21.2. The predicted molar refractivity (Wildman–Crippen MR) is 337 cm³/mol. The summed E-state index contributed by atoms with van der Waals surface area (Å²) in [5.41, 5.74) is 5.76. The van der Waals surface area contributed by atoms with E-state index in [1.54, 1.807) is 42.7 Å². The Morgan fingerprint density at radius 1 is 0.588 bits per heavy atom. The third-order valence-corrected chi connectivity index (χ3v) is 19.0. The number of anilines is 2. The smallest absolute Gasteiger partial charge is 0.408 e. The molecule has 0 aromatic carbocycles. The zero-order chi connectivity index (χ0) is 63.3. The number of carboxylic acids is 2. The van der Waals surface area contributed by atoms with Gasteiger partial charge < -0.3 is 45.3 Å². The van der Waals surface area contributed by atoms with Crippen molar-refractivity contribution in [1.82, 2.24) is 5.32 Å². The van der Waals surface area contributed by atoms with Gasteiger partial charge in [0.25, 0.3) is 0 Å². The summed E-state index contributed by atoms with van der Waals surface area (Å²) in [6.07, 6.45) is 12.0. The van der Waals surface area contributed by atoms with Crippen LogP contribution >= 0.6 is 22.7 Å². The fourth-order valence-electron chi connectivity index (χ4n) is 11.4. The summed E-state index contributed by atoms with van der Waals surface area (Å²) in [5.74, 6) is 10.4. The van der Waals surface area contributed by atoms with Gasteiger partial charge in [-0.15, -0.1) is 22.7 Å². The monoisotopic (exact) mass is 1220 g/mol. The molecule has 4 fully saturated rings. The lowest BCUT2D eigenvalue weighted by Gasteiger charge is -2.39. The minimum absolute atomic E-state index is 0.0109. The summed E-state index contributed by atoms with van der Waals surface area (Å²) < 4.78 is 17.1. The van der Waals surface area contributed by atoms with Gasteiger partial charge in [-0.25, -0.2) is 19.2 Å². The van der Waals surface area contributed by atoms with E-state index in [-0.39, 0.29) is 86.3 Å². The van der Waals surface area contributed by atoms with Gasteiger partial charge >= 0.3 is 30.0 Å². The summed E-state index contributed by atoms with van der Waals surface area (Å²) in [4.78, 5) is 96.5. The summed E-state index contributed by atoms with van der Waals surface area (Å²) in [6.45, 7) is 29.5. The van der Waals surface area contributed by atoms with Gasteiger partial charge in [0.15, 0.2) is 0 Å². The number of nitrogens with one attached hydrogen (secondary N) is 1. The molecule has 472 valence electrons. The highest BCUT2D eigenvalue weighted by molar-refractivity contribution is 7.15. The predicted octanol–water partition coefficient (Wildman–Crippen LogP) is 14.0. The van der Waals surface area contributed by atoms with Crippen molar-refractivity contribution in [3.63, 3.8) is 0 Å². The Kier molecular flexibility index (Phi) is 25.6. The fraction of sp³-hybridized carbons (Fsp3) is 0.716. The lowest BCUT2D eigenvalue weighted by molar-refractivity contribution is -0.155. The Balaban J connectivity index is 0.000000315. The van der Waals surface area contributed by atoms with Crippen LogP contribution in [0.25, 0.3) is 0 Å². The average molecular weight is 1220 g/mol. The molecule has 4 saturated carbocycles. The highest BCUT2D eigenvalue weighted by Gasteiger charge is 2.41. The molecular weight excluding hydrogens is 1120 g/mol. The van der Waals surface area contributed by atoms with E-state index in [1.165, 1.54) is 0 Å². The van der Waals surface area contributed by atoms with Crippen molar-refractivity contribution in [1.29, 1.82) is 0 Å². The molecule has 2 aromatic heterocycles. The van der Waals surface area contributed by atoms with Gasteiger partial charge in [0, 0.05) is 34.7 Å². The van der Waals surface area contributed by atoms with Gasteiger partial charge in [-0.05, 0) is 201 Å². The zero-order valence-corrected chi connectivity index (χ0v) is 55.2. The fourth-order valence-corrected chi connectivity index (χ4v) is 13.0. The first-order valence-electron chi connectivity index (χ1n) is 31.3. The lowest BCUT2D eigenvalue weighted by Crippen LogP contribution is -2.50. The van der Waals surface area contributed by atoms with E-state index in [0.717, 1.165) is 80.5 Å². The Labute approximate surface area is 515 Å². The Morgan fingerprint density at radius 2 is 0.953 bits per heavy atom. The van der Waals surface area contributed by atoms with Crippen LogP contribution < -0.4 is 20.9 Å². The first-order chi connectivity index (χ1) is 39.7. The Hall–Kier alpha value is -5.43. The molecular formula is C67H100N4O12S2. The van der Waals surface area contributed by atoms with Crippen LogP contribution in [0.4, 0.5) is 16.2 Å². The molecule has 0 saturated heterocycles. The van der Waals surface area contributed by atoms with Crippen LogP contribution in [-0.4, -0.2) is 94.0 Å². The van der Waals surface area contributed by atoms with Gasteiger partial charge in [0.1, 0.15) is 39.6 Å². The number of aromatic carboxylic acids is 2. The maximum Gasteiger partial charge on any atom is 0.408 e. The van der Waals surface area contributed by atoms with Crippen molar-refractivity contribution in [3.05, 3.63) is 31.6 Å². The molecule has 4 aliphatic carbocycles. The second-order valence-electron chi connectivity index (χ2n) is 27.7. The summed E-state index contributed by atoms with van der Waals surface area (Å²) in [6, 6.07) is 1.67. The molecule has 2 heterocycles. The molecule has 5 N–H and O–H groups in total. The number of carbonyl (C=O) groups is 7. The molecule has 0 aliphatic heterocycles. The van der Waals surface area contributed by atoms with Gasteiger partial charge in [0.2, 0.25) is 11.8 Å². The molecule has 0 bridgehead atoms. The SMILES string of the molecule is CC[C@H](C)[C@H](N)C(=O)OC1CCC(N(C(=O)C2CCC(C)CC2)c2cc(C#CC(C)(C)C)sc2C(=O)O)CC1.CC[C@H](C)[C@H](NC(=O)OC(C)(C)C)C(=O)OC1CCC(N(C(=O)C2CCC(C)CC2)c2cc(C#CC(C)(C)C)sc2C(=O)O)CC1. The van der Waals surface area contributed by atoms with Crippen LogP contribution in [0.1, 0.15) is 249 Å². The van der Waals surface area contributed by atoms with Crippen molar-refractivity contribution in [2.45, 2.75) is 261 Å². The average Bonchev–Trinajstić information content (AvgIpc) is 2.32. The number of hydrogen-bond acceptors (Lipinski definition) is 13. The highest BCUT2D eigenvalue weighted by Crippen LogP contribution is 2.42. The lowest BCUT2D eigenvalue weighted by atomic mass is 9.81. The first-order valence-corrected chi connectivity index (χ1v) is 32.9. The van der Waals surface area contributed by atoms with Crippen molar-refractivity contribution < 1.29 is 58.0 Å². The Morgan fingerprint density at radius 3 is 1.28 bits per heavy atom. The van der Waals surface area contributed by atoms with Crippen LogP contribution in [0.3, 0.4) is 0 Å². The number of nitrogens with zero attached hydrogens (tertiary/aromatic N) is 2. The second kappa shape index (κ2) is 31.0.